The first-order valence-corrected chi connectivity index (χ1v) is 10.8. The Morgan fingerprint density at radius 2 is 1.81 bits per heavy atom. The van der Waals surface area contributed by atoms with Gasteiger partial charge in [-0.2, -0.15) is 4.31 Å². The Kier molecular flexibility index (Phi) is 7.20. The number of aryl methyl sites for hydroxylation is 2. The van der Waals surface area contributed by atoms with Gasteiger partial charge in [0.1, 0.15) is 0 Å². The van der Waals surface area contributed by atoms with Gasteiger partial charge in [-0.3, -0.25) is 9.69 Å². The van der Waals surface area contributed by atoms with E-state index in [9.17, 15) is 13.2 Å². The molecule has 1 aliphatic rings. The van der Waals surface area contributed by atoms with Gasteiger partial charge in [-0.15, -0.1) is 0 Å². The molecule has 1 saturated heterocycles. The maximum Gasteiger partial charge on any atom is 0.243 e. The fraction of sp³-hybridized carbons (Fsp3) is 0.632. The van der Waals surface area contributed by atoms with Gasteiger partial charge in [0.15, 0.2) is 0 Å². The van der Waals surface area contributed by atoms with Crippen LogP contribution >= 0.6 is 0 Å². The van der Waals surface area contributed by atoms with Crippen molar-refractivity contribution in [3.63, 3.8) is 0 Å². The molecule has 0 aliphatic carbocycles. The maximum absolute atomic E-state index is 12.8. The minimum absolute atomic E-state index is 0.0106. The van der Waals surface area contributed by atoms with Crippen molar-refractivity contribution in [3.8, 4) is 0 Å². The first kappa shape index (κ1) is 20.9. The van der Waals surface area contributed by atoms with E-state index in [1.807, 2.05) is 31.7 Å². The molecule has 1 aliphatic heterocycles. The molecule has 1 heterocycles. The van der Waals surface area contributed by atoms with Crippen LogP contribution in [0.1, 0.15) is 37.8 Å². The molecule has 0 saturated carbocycles. The molecule has 2 rings (SSSR count). The Labute approximate surface area is 157 Å². The van der Waals surface area contributed by atoms with Crippen LogP contribution in [0, 0.1) is 13.8 Å². The van der Waals surface area contributed by atoms with E-state index in [2.05, 4.69) is 12.2 Å². The number of carbonyl (C=O) groups excluding carboxylic acids is 1. The number of rotatable bonds is 7. The molecular weight excluding hydrogens is 350 g/mol. The van der Waals surface area contributed by atoms with E-state index in [4.69, 9.17) is 0 Å². The van der Waals surface area contributed by atoms with Gasteiger partial charge >= 0.3 is 0 Å². The average molecular weight is 382 g/mol. The van der Waals surface area contributed by atoms with Gasteiger partial charge in [0.05, 0.1) is 11.4 Å². The zero-order chi connectivity index (χ0) is 19.3. The monoisotopic (exact) mass is 381 g/mol. The highest BCUT2D eigenvalue weighted by Crippen LogP contribution is 2.20. The van der Waals surface area contributed by atoms with Crippen LogP contribution in [0.2, 0.25) is 0 Å². The summed E-state index contributed by atoms with van der Waals surface area (Å²) in [5.74, 6) is 0.0106. The SMILES string of the molecule is CCC[C@H](C)NC(=O)CN1CCN(S(=O)(=O)c2ccc(C)c(C)c2)CC1. The number of carbonyl (C=O) groups is 1. The predicted octanol–water partition coefficient (Wildman–Crippen LogP) is 1.91. The summed E-state index contributed by atoms with van der Waals surface area (Å²) < 4.78 is 27.2. The topological polar surface area (TPSA) is 69.7 Å². The number of amides is 1. The van der Waals surface area contributed by atoms with Crippen LogP contribution in [0.15, 0.2) is 23.1 Å². The van der Waals surface area contributed by atoms with Crippen LogP contribution in [-0.4, -0.2) is 62.3 Å². The highest BCUT2D eigenvalue weighted by atomic mass is 32.2. The van der Waals surface area contributed by atoms with Crippen molar-refractivity contribution >= 4 is 15.9 Å². The number of hydrogen-bond acceptors (Lipinski definition) is 4. The van der Waals surface area contributed by atoms with Crippen LogP contribution in [0.25, 0.3) is 0 Å². The van der Waals surface area contributed by atoms with Crippen molar-refractivity contribution in [2.75, 3.05) is 32.7 Å². The summed E-state index contributed by atoms with van der Waals surface area (Å²) in [6.45, 7) is 10.3. The Morgan fingerprint density at radius 3 is 2.38 bits per heavy atom. The Hall–Kier alpha value is -1.44. The number of benzene rings is 1. The lowest BCUT2D eigenvalue weighted by molar-refractivity contribution is -0.123. The third-order valence-electron chi connectivity index (χ3n) is 4.94. The van der Waals surface area contributed by atoms with Crippen molar-refractivity contribution in [2.24, 2.45) is 0 Å². The number of hydrogen-bond donors (Lipinski definition) is 1. The number of piperazine rings is 1. The maximum atomic E-state index is 12.8. The van der Waals surface area contributed by atoms with Crippen LogP contribution in [0.5, 0.6) is 0 Å². The Bertz CT molecular complexity index is 726. The minimum Gasteiger partial charge on any atom is -0.353 e. The van der Waals surface area contributed by atoms with Gasteiger partial charge in [-0.25, -0.2) is 8.42 Å². The third kappa shape index (κ3) is 5.28. The molecule has 146 valence electrons. The van der Waals surface area contributed by atoms with Crippen LogP contribution in [0.3, 0.4) is 0 Å². The molecule has 1 amide bonds. The van der Waals surface area contributed by atoms with Gasteiger partial charge in [0.25, 0.3) is 0 Å². The normalized spacial score (nSPS) is 17.8. The molecular formula is C19H31N3O3S. The van der Waals surface area contributed by atoms with E-state index in [1.54, 1.807) is 12.1 Å². The van der Waals surface area contributed by atoms with Gasteiger partial charge in [0, 0.05) is 32.2 Å². The van der Waals surface area contributed by atoms with Gasteiger partial charge in [0.2, 0.25) is 15.9 Å². The fourth-order valence-corrected chi connectivity index (χ4v) is 4.69. The largest absolute Gasteiger partial charge is 0.353 e. The number of sulfonamides is 1. The summed E-state index contributed by atoms with van der Waals surface area (Å²) in [7, 11) is -3.47. The zero-order valence-electron chi connectivity index (χ0n) is 16.3. The molecule has 1 atom stereocenters. The molecule has 0 radical (unpaired) electrons. The second-order valence-corrected chi connectivity index (χ2v) is 9.12. The van der Waals surface area contributed by atoms with E-state index in [1.165, 1.54) is 4.31 Å². The summed E-state index contributed by atoms with van der Waals surface area (Å²) >= 11 is 0. The average Bonchev–Trinajstić information content (AvgIpc) is 2.57. The fourth-order valence-electron chi connectivity index (χ4n) is 3.18. The van der Waals surface area contributed by atoms with Crippen LogP contribution < -0.4 is 5.32 Å². The van der Waals surface area contributed by atoms with Crippen molar-refractivity contribution in [3.05, 3.63) is 29.3 Å². The van der Waals surface area contributed by atoms with Gasteiger partial charge in [-0.05, 0) is 50.5 Å². The van der Waals surface area contributed by atoms with Crippen molar-refractivity contribution < 1.29 is 13.2 Å². The predicted molar refractivity (Wildman–Crippen MR) is 104 cm³/mol. The smallest absolute Gasteiger partial charge is 0.243 e. The van der Waals surface area contributed by atoms with E-state index >= 15 is 0 Å². The van der Waals surface area contributed by atoms with E-state index in [0.717, 1.165) is 24.0 Å². The highest BCUT2D eigenvalue weighted by molar-refractivity contribution is 7.89. The first-order valence-electron chi connectivity index (χ1n) is 9.33. The summed E-state index contributed by atoms with van der Waals surface area (Å²) in [5, 5.41) is 2.99. The summed E-state index contributed by atoms with van der Waals surface area (Å²) in [6, 6.07) is 5.44. The quantitative estimate of drug-likeness (QED) is 0.783. The molecule has 1 N–H and O–H groups in total. The number of nitrogens with one attached hydrogen (secondary N) is 1. The van der Waals surface area contributed by atoms with Gasteiger partial charge in [-0.1, -0.05) is 19.4 Å². The molecule has 0 aromatic heterocycles. The molecule has 0 unspecified atom stereocenters. The zero-order valence-corrected chi connectivity index (χ0v) is 17.1. The highest BCUT2D eigenvalue weighted by Gasteiger charge is 2.29. The molecule has 1 aromatic carbocycles. The molecule has 6 nitrogen and oxygen atoms in total. The van der Waals surface area contributed by atoms with Crippen LogP contribution in [-0.2, 0) is 14.8 Å². The van der Waals surface area contributed by atoms with Crippen molar-refractivity contribution in [1.82, 2.24) is 14.5 Å². The molecule has 1 fully saturated rings. The molecule has 0 spiro atoms. The lowest BCUT2D eigenvalue weighted by atomic mass is 10.1. The second-order valence-electron chi connectivity index (χ2n) is 7.18. The Morgan fingerprint density at radius 1 is 1.15 bits per heavy atom. The number of nitrogens with zero attached hydrogens (tertiary/aromatic N) is 2. The molecule has 26 heavy (non-hydrogen) atoms. The van der Waals surface area contributed by atoms with Gasteiger partial charge < -0.3 is 5.32 Å². The molecule has 7 heteroatoms. The standard InChI is InChI=1S/C19H31N3O3S/c1-5-6-17(4)20-19(23)14-21-9-11-22(12-10-21)26(24,25)18-8-7-15(2)16(3)13-18/h7-8,13,17H,5-6,9-12,14H2,1-4H3,(H,20,23)/t17-/m0/s1. The van der Waals surface area contributed by atoms with Crippen molar-refractivity contribution in [2.45, 2.75) is 51.5 Å². The first-order chi connectivity index (χ1) is 12.2. The molecule has 1 aromatic rings. The second kappa shape index (κ2) is 8.97. The lowest BCUT2D eigenvalue weighted by Gasteiger charge is -2.33. The van der Waals surface area contributed by atoms with E-state index in [0.29, 0.717) is 37.6 Å². The lowest BCUT2D eigenvalue weighted by Crippen LogP contribution is -2.51. The van der Waals surface area contributed by atoms with E-state index in [-0.39, 0.29) is 11.9 Å². The molecule has 0 bridgehead atoms. The minimum atomic E-state index is -3.47. The van der Waals surface area contributed by atoms with Crippen molar-refractivity contribution in [1.29, 1.82) is 0 Å². The summed E-state index contributed by atoms with van der Waals surface area (Å²) in [6.07, 6.45) is 2.00. The van der Waals surface area contributed by atoms with Crippen LogP contribution in [0.4, 0.5) is 0 Å². The van der Waals surface area contributed by atoms with E-state index < -0.39 is 10.0 Å². The summed E-state index contributed by atoms with van der Waals surface area (Å²) in [5.41, 5.74) is 2.06. The summed E-state index contributed by atoms with van der Waals surface area (Å²) in [4.78, 5) is 14.4. The Balaban J connectivity index is 1.91. The third-order valence-corrected chi connectivity index (χ3v) is 6.84.